The lowest BCUT2D eigenvalue weighted by Crippen LogP contribution is -2.48. The number of nitrogens with zero attached hydrogens (tertiary/aromatic N) is 1. The van der Waals surface area contributed by atoms with E-state index in [0.29, 0.717) is 6.04 Å². The van der Waals surface area contributed by atoms with Gasteiger partial charge in [-0.3, -0.25) is 0 Å². The average molecular weight is 268 g/mol. The van der Waals surface area contributed by atoms with Gasteiger partial charge in [-0.05, 0) is 33.0 Å². The molecule has 0 bridgehead atoms. The molecule has 114 valence electrons. The summed E-state index contributed by atoms with van der Waals surface area (Å²) in [6, 6.07) is 1.44. The second-order valence-electron chi connectivity index (χ2n) is 6.21. The van der Waals surface area contributed by atoms with Gasteiger partial charge in [-0.15, -0.1) is 0 Å². The molecule has 0 heterocycles. The molecular weight excluding hydrogens is 232 g/mol. The lowest BCUT2D eigenvalue weighted by atomic mass is 9.93. The van der Waals surface area contributed by atoms with Gasteiger partial charge in [-0.2, -0.15) is 0 Å². The van der Waals surface area contributed by atoms with E-state index < -0.39 is 0 Å². The third kappa shape index (κ3) is 6.76. The molecule has 0 saturated heterocycles. The fourth-order valence-electron chi connectivity index (χ4n) is 3.43. The monoisotopic (exact) mass is 268 g/mol. The second-order valence-corrected chi connectivity index (χ2v) is 6.21. The van der Waals surface area contributed by atoms with Crippen molar-refractivity contribution in [3.05, 3.63) is 0 Å². The van der Waals surface area contributed by atoms with Crippen LogP contribution in [0, 0.1) is 0 Å². The fraction of sp³-hybridized carbons (Fsp3) is 1.00. The van der Waals surface area contributed by atoms with Gasteiger partial charge in [-0.1, -0.05) is 65.2 Å². The zero-order chi connectivity index (χ0) is 13.9. The Morgan fingerprint density at radius 1 is 0.842 bits per heavy atom. The lowest BCUT2D eigenvalue weighted by molar-refractivity contribution is 0.177. The first-order valence-electron chi connectivity index (χ1n) is 8.73. The van der Waals surface area contributed by atoms with Crippen LogP contribution in [0.4, 0.5) is 0 Å². The second kappa shape index (κ2) is 10.7. The van der Waals surface area contributed by atoms with Crippen LogP contribution < -0.4 is 5.32 Å². The van der Waals surface area contributed by atoms with Gasteiger partial charge in [0.15, 0.2) is 0 Å². The molecule has 0 aliphatic heterocycles. The van der Waals surface area contributed by atoms with Gasteiger partial charge in [0.05, 0.1) is 0 Å². The van der Waals surface area contributed by atoms with Crippen molar-refractivity contribution < 1.29 is 0 Å². The number of rotatable bonds is 4. The topological polar surface area (TPSA) is 15.3 Å². The largest absolute Gasteiger partial charge is 0.313 e. The summed E-state index contributed by atoms with van der Waals surface area (Å²) in [5, 5.41) is 3.76. The van der Waals surface area contributed by atoms with Gasteiger partial charge in [-0.25, -0.2) is 0 Å². The highest BCUT2D eigenvalue weighted by Gasteiger charge is 2.23. The molecule has 0 aromatic rings. The highest BCUT2D eigenvalue weighted by Crippen LogP contribution is 2.20. The van der Waals surface area contributed by atoms with E-state index in [2.05, 4.69) is 31.1 Å². The maximum atomic E-state index is 3.76. The molecule has 2 heteroatoms. The van der Waals surface area contributed by atoms with Crippen LogP contribution in [0.1, 0.15) is 78.1 Å². The minimum absolute atomic E-state index is 0.703. The van der Waals surface area contributed by atoms with Crippen LogP contribution in [0.5, 0.6) is 0 Å². The van der Waals surface area contributed by atoms with E-state index in [1.54, 1.807) is 0 Å². The average Bonchev–Trinajstić information content (AvgIpc) is 2.41. The van der Waals surface area contributed by atoms with Gasteiger partial charge < -0.3 is 10.2 Å². The predicted molar refractivity (Wildman–Crippen MR) is 85.7 cm³/mol. The minimum Gasteiger partial charge on any atom is -0.313 e. The quantitative estimate of drug-likeness (QED) is 0.822. The van der Waals surface area contributed by atoms with Crippen molar-refractivity contribution in [3.8, 4) is 0 Å². The van der Waals surface area contributed by atoms with Crippen LogP contribution in [0.3, 0.4) is 0 Å². The van der Waals surface area contributed by atoms with E-state index in [1.165, 1.54) is 70.8 Å². The van der Waals surface area contributed by atoms with Crippen molar-refractivity contribution in [1.82, 2.24) is 10.2 Å². The summed E-state index contributed by atoms with van der Waals surface area (Å²) >= 11 is 0. The molecule has 1 rings (SSSR count). The maximum Gasteiger partial charge on any atom is 0.0246 e. The highest BCUT2D eigenvalue weighted by atomic mass is 15.2. The number of hydrogen-bond acceptors (Lipinski definition) is 2. The molecule has 1 aliphatic carbocycles. The first-order chi connectivity index (χ1) is 9.29. The van der Waals surface area contributed by atoms with Gasteiger partial charge in [0.2, 0.25) is 0 Å². The number of hydrogen-bond donors (Lipinski definition) is 1. The molecule has 0 aromatic heterocycles. The summed E-state index contributed by atoms with van der Waals surface area (Å²) in [6.07, 6.45) is 14.3. The van der Waals surface area contributed by atoms with Gasteiger partial charge in [0.25, 0.3) is 0 Å². The van der Waals surface area contributed by atoms with Crippen LogP contribution >= 0.6 is 0 Å². The molecule has 2 nitrogen and oxygen atoms in total. The van der Waals surface area contributed by atoms with Crippen molar-refractivity contribution in [1.29, 1.82) is 0 Å². The Kier molecular flexibility index (Phi) is 9.54. The van der Waals surface area contributed by atoms with Gasteiger partial charge in [0.1, 0.15) is 0 Å². The summed E-state index contributed by atoms with van der Waals surface area (Å²) in [5.41, 5.74) is 0. The fourth-order valence-corrected chi connectivity index (χ4v) is 3.43. The molecule has 2 atom stereocenters. The van der Waals surface area contributed by atoms with E-state index in [-0.39, 0.29) is 0 Å². The van der Waals surface area contributed by atoms with Crippen molar-refractivity contribution in [3.63, 3.8) is 0 Å². The summed E-state index contributed by atoms with van der Waals surface area (Å²) in [7, 11) is 2.31. The molecule has 1 saturated carbocycles. The van der Waals surface area contributed by atoms with Crippen LogP contribution in [-0.4, -0.2) is 37.1 Å². The third-order valence-electron chi connectivity index (χ3n) is 4.76. The van der Waals surface area contributed by atoms with Crippen molar-refractivity contribution >= 4 is 0 Å². The Hall–Kier alpha value is -0.0800. The molecular formula is C17H36N2. The molecule has 1 aliphatic rings. The first kappa shape index (κ1) is 17.0. The van der Waals surface area contributed by atoms with Gasteiger partial charge >= 0.3 is 0 Å². The number of likely N-dealkylation sites (N-methyl/N-ethyl adjacent to an activating group) is 2. The molecule has 1 N–H and O–H groups in total. The van der Waals surface area contributed by atoms with E-state index in [4.69, 9.17) is 0 Å². The summed E-state index contributed by atoms with van der Waals surface area (Å²) < 4.78 is 0. The lowest BCUT2D eigenvalue weighted by Gasteiger charge is -2.35. The normalized spacial score (nSPS) is 27.8. The zero-order valence-electron chi connectivity index (χ0n) is 13.6. The third-order valence-corrected chi connectivity index (χ3v) is 4.76. The van der Waals surface area contributed by atoms with E-state index >= 15 is 0 Å². The SMILES string of the molecule is CCNC1CCCCCCCCCCC1N(C)CC. The Balaban J connectivity index is 2.58. The van der Waals surface area contributed by atoms with Crippen molar-refractivity contribution in [2.45, 2.75) is 90.1 Å². The Morgan fingerprint density at radius 2 is 1.37 bits per heavy atom. The molecule has 0 radical (unpaired) electrons. The molecule has 0 spiro atoms. The van der Waals surface area contributed by atoms with E-state index in [9.17, 15) is 0 Å². The molecule has 19 heavy (non-hydrogen) atoms. The van der Waals surface area contributed by atoms with Crippen LogP contribution in [0.15, 0.2) is 0 Å². The van der Waals surface area contributed by atoms with E-state index in [0.717, 1.165) is 12.6 Å². The van der Waals surface area contributed by atoms with Crippen molar-refractivity contribution in [2.75, 3.05) is 20.1 Å². The standard InChI is InChI=1S/C17H36N2/c1-4-18-16-14-12-10-8-6-7-9-11-13-15-17(16)19(3)5-2/h16-18H,4-15H2,1-3H3. The summed E-state index contributed by atoms with van der Waals surface area (Å²) in [6.45, 7) is 6.82. The van der Waals surface area contributed by atoms with Crippen LogP contribution in [0.25, 0.3) is 0 Å². The van der Waals surface area contributed by atoms with Crippen molar-refractivity contribution in [2.24, 2.45) is 0 Å². The Labute approximate surface area is 121 Å². The van der Waals surface area contributed by atoms with Crippen LogP contribution in [-0.2, 0) is 0 Å². The smallest absolute Gasteiger partial charge is 0.0246 e. The highest BCUT2D eigenvalue weighted by molar-refractivity contribution is 4.83. The predicted octanol–water partition coefficient (Wildman–Crippen LogP) is 4.20. The van der Waals surface area contributed by atoms with Gasteiger partial charge in [0, 0.05) is 12.1 Å². The molecule has 1 fully saturated rings. The minimum atomic E-state index is 0.703. The zero-order valence-corrected chi connectivity index (χ0v) is 13.6. The summed E-state index contributed by atoms with van der Waals surface area (Å²) in [4.78, 5) is 2.57. The molecule has 0 aromatic carbocycles. The Morgan fingerprint density at radius 3 is 1.89 bits per heavy atom. The first-order valence-corrected chi connectivity index (χ1v) is 8.73. The van der Waals surface area contributed by atoms with Crippen LogP contribution in [0.2, 0.25) is 0 Å². The molecule has 2 unspecified atom stereocenters. The number of nitrogens with one attached hydrogen (secondary N) is 1. The van der Waals surface area contributed by atoms with E-state index in [1.807, 2.05) is 0 Å². The maximum absolute atomic E-state index is 3.76. The summed E-state index contributed by atoms with van der Waals surface area (Å²) in [5.74, 6) is 0. The Bertz CT molecular complexity index is 205. The molecule has 0 amide bonds.